The molecule has 0 radical (unpaired) electrons. The van der Waals surface area contributed by atoms with Crippen LogP contribution >= 0.6 is 22.7 Å². The van der Waals surface area contributed by atoms with Gasteiger partial charge in [0.2, 0.25) is 0 Å². The predicted molar refractivity (Wildman–Crippen MR) is 121 cm³/mol. The lowest BCUT2D eigenvalue weighted by Crippen LogP contribution is -3.14. The molecule has 0 bridgehead atoms. The summed E-state index contributed by atoms with van der Waals surface area (Å²) in [5, 5.41) is 8.93. The number of nitrogens with one attached hydrogen (secondary N) is 1. The molecule has 1 fully saturated rings. The van der Waals surface area contributed by atoms with Gasteiger partial charge in [0.1, 0.15) is 13.2 Å². The summed E-state index contributed by atoms with van der Waals surface area (Å²) in [4.78, 5) is 1.62. The van der Waals surface area contributed by atoms with Gasteiger partial charge in [-0.15, -0.1) is 0 Å². The molecule has 0 saturated carbocycles. The number of ether oxygens (including phenoxy) is 2. The van der Waals surface area contributed by atoms with E-state index in [1.165, 1.54) is 22.3 Å². The molecule has 0 spiro atoms. The summed E-state index contributed by atoms with van der Waals surface area (Å²) in [6.07, 6.45) is 2.44. The first kappa shape index (κ1) is 21.4. The quantitative estimate of drug-likeness (QED) is 0.638. The summed E-state index contributed by atoms with van der Waals surface area (Å²) in [5.41, 5.74) is 7.03. The minimum Gasteiger partial charge on any atom is -1.00 e. The molecule has 3 aromatic rings. The lowest BCUT2D eigenvalue weighted by Gasteiger charge is -2.32. The Morgan fingerprint density at radius 3 is 2.33 bits per heavy atom. The molecule has 0 aliphatic carbocycles. The van der Waals surface area contributed by atoms with E-state index >= 15 is 0 Å². The van der Waals surface area contributed by atoms with E-state index in [9.17, 15) is 0 Å². The van der Waals surface area contributed by atoms with Crippen LogP contribution in [-0.4, -0.2) is 32.3 Å². The number of hydrogen-bond acceptors (Lipinski definition) is 4. The highest BCUT2D eigenvalue weighted by molar-refractivity contribution is 7.08. The Bertz CT molecular complexity index is 952. The fourth-order valence-electron chi connectivity index (χ4n) is 4.39. The number of benzene rings is 1. The zero-order valence-corrected chi connectivity index (χ0v) is 19.4. The molecule has 0 amide bonds. The summed E-state index contributed by atoms with van der Waals surface area (Å²) < 4.78 is 12.2. The molecule has 30 heavy (non-hydrogen) atoms. The number of hydrogen-bond donors (Lipinski definition) is 1. The minimum absolute atomic E-state index is 0. The molecule has 5 rings (SSSR count). The molecule has 3 nitrogen and oxygen atoms in total. The summed E-state index contributed by atoms with van der Waals surface area (Å²) in [5.74, 6) is 1.78. The second-order valence-electron chi connectivity index (χ2n) is 7.96. The van der Waals surface area contributed by atoms with Crippen LogP contribution in [0.1, 0.15) is 29.5 Å². The Balaban J connectivity index is 0.00000218. The van der Waals surface area contributed by atoms with Crippen molar-refractivity contribution in [2.75, 3.05) is 26.2 Å². The highest BCUT2D eigenvalue weighted by Gasteiger charge is 2.28. The largest absolute Gasteiger partial charge is 1.00 e. The van der Waals surface area contributed by atoms with Crippen LogP contribution in [0.4, 0.5) is 0 Å². The van der Waals surface area contributed by atoms with Gasteiger partial charge in [-0.05, 0) is 75.0 Å². The number of likely N-dealkylation sites (tertiary alicyclic amines) is 1. The second kappa shape index (κ2) is 9.56. The van der Waals surface area contributed by atoms with Crippen molar-refractivity contribution < 1.29 is 26.8 Å². The Kier molecular flexibility index (Phi) is 6.84. The zero-order valence-electron chi connectivity index (χ0n) is 17.0. The molecule has 1 unspecified atom stereocenters. The van der Waals surface area contributed by atoms with Gasteiger partial charge in [0.25, 0.3) is 0 Å². The van der Waals surface area contributed by atoms with E-state index in [4.69, 9.17) is 9.47 Å². The van der Waals surface area contributed by atoms with Gasteiger partial charge in [0.05, 0.1) is 13.1 Å². The van der Waals surface area contributed by atoms with Crippen molar-refractivity contribution in [3.8, 4) is 11.5 Å². The molecule has 1 saturated heterocycles. The van der Waals surface area contributed by atoms with Crippen molar-refractivity contribution >= 4 is 28.2 Å². The summed E-state index contributed by atoms with van der Waals surface area (Å²) in [6.45, 7) is 6.06. The van der Waals surface area contributed by atoms with E-state index in [2.05, 4.69) is 52.7 Å². The maximum absolute atomic E-state index is 6.23. The van der Waals surface area contributed by atoms with Crippen LogP contribution in [-0.2, 0) is 0 Å². The van der Waals surface area contributed by atoms with Crippen LogP contribution < -0.4 is 26.8 Å². The Hall–Kier alpha value is -1.79. The number of piperidine rings is 1. The standard InChI is InChI=1S/C24H25NO2S2.ClH/c1-17-2-3-22-23(12-17)26-14-21(27-22)13-25-8-4-18(5-9-25)24(19-6-10-28-15-19)20-7-11-29-16-20;/h2-3,6-7,10-12,15-16,21H,4-5,8-9,13-14H2,1H3;1H. The highest BCUT2D eigenvalue weighted by Crippen LogP contribution is 2.34. The maximum atomic E-state index is 6.23. The second-order valence-corrected chi connectivity index (χ2v) is 9.52. The number of rotatable bonds is 4. The third-order valence-corrected chi connectivity index (χ3v) is 7.23. The Morgan fingerprint density at radius 1 is 1.00 bits per heavy atom. The lowest BCUT2D eigenvalue weighted by atomic mass is 9.91. The molecule has 1 atom stereocenters. The van der Waals surface area contributed by atoms with Crippen LogP contribution in [0.5, 0.6) is 11.5 Å². The van der Waals surface area contributed by atoms with Gasteiger partial charge < -0.3 is 26.8 Å². The van der Waals surface area contributed by atoms with Crippen molar-refractivity contribution in [3.05, 3.63) is 74.1 Å². The SMILES string of the molecule is Cc1ccc2c(c1)OCC(C[NH+]1CCC(=C(c3ccsc3)c3ccsc3)CC1)O2.[Cl-]. The van der Waals surface area contributed by atoms with Gasteiger partial charge in [-0.1, -0.05) is 11.6 Å². The molecule has 6 heteroatoms. The van der Waals surface area contributed by atoms with E-state index in [0.717, 1.165) is 44.0 Å². The average Bonchev–Trinajstić information content (AvgIpc) is 3.45. The first-order chi connectivity index (χ1) is 14.3. The third-order valence-electron chi connectivity index (χ3n) is 5.87. The fraction of sp³-hybridized carbons (Fsp3) is 0.333. The topological polar surface area (TPSA) is 22.9 Å². The Morgan fingerprint density at radius 2 is 1.70 bits per heavy atom. The van der Waals surface area contributed by atoms with E-state index in [0.29, 0.717) is 6.61 Å². The first-order valence-electron chi connectivity index (χ1n) is 10.3. The summed E-state index contributed by atoms with van der Waals surface area (Å²) in [7, 11) is 0. The van der Waals surface area contributed by atoms with Crippen LogP contribution in [0.3, 0.4) is 0 Å². The van der Waals surface area contributed by atoms with E-state index < -0.39 is 0 Å². The smallest absolute Gasteiger partial charge is 0.181 e. The molecule has 1 N–H and O–H groups in total. The van der Waals surface area contributed by atoms with Crippen molar-refractivity contribution in [3.63, 3.8) is 0 Å². The van der Waals surface area contributed by atoms with Gasteiger partial charge in [-0.2, -0.15) is 22.7 Å². The van der Waals surface area contributed by atoms with Crippen LogP contribution in [0, 0.1) is 6.92 Å². The third kappa shape index (κ3) is 4.59. The van der Waals surface area contributed by atoms with Gasteiger partial charge in [-0.3, -0.25) is 0 Å². The van der Waals surface area contributed by atoms with Gasteiger partial charge >= 0.3 is 0 Å². The van der Waals surface area contributed by atoms with Crippen molar-refractivity contribution in [1.29, 1.82) is 0 Å². The molecule has 1 aromatic carbocycles. The number of aryl methyl sites for hydroxylation is 1. The molecule has 2 aromatic heterocycles. The molecule has 4 heterocycles. The first-order valence-corrected chi connectivity index (χ1v) is 12.2. The normalized spacial score (nSPS) is 20.5. The van der Waals surface area contributed by atoms with E-state index in [1.54, 1.807) is 33.1 Å². The molecular weight excluding hydrogens is 434 g/mol. The van der Waals surface area contributed by atoms with E-state index in [-0.39, 0.29) is 18.5 Å². The van der Waals surface area contributed by atoms with Crippen LogP contribution in [0.15, 0.2) is 57.4 Å². The summed E-state index contributed by atoms with van der Waals surface area (Å²) >= 11 is 3.56. The van der Waals surface area contributed by atoms with Gasteiger partial charge in [0.15, 0.2) is 17.6 Å². The zero-order chi connectivity index (χ0) is 19.6. The predicted octanol–water partition coefficient (Wildman–Crippen LogP) is 1.44. The minimum atomic E-state index is 0. The Labute approximate surface area is 192 Å². The number of halogens is 1. The van der Waals surface area contributed by atoms with Gasteiger partial charge in [-0.25, -0.2) is 0 Å². The van der Waals surface area contributed by atoms with Crippen LogP contribution in [0.25, 0.3) is 5.57 Å². The maximum Gasteiger partial charge on any atom is 0.181 e. The molecular formula is C24H26ClNO2S2. The molecule has 2 aliphatic rings. The van der Waals surface area contributed by atoms with Crippen molar-refractivity contribution in [2.24, 2.45) is 0 Å². The number of thiophene rings is 2. The summed E-state index contributed by atoms with van der Waals surface area (Å²) in [6, 6.07) is 10.7. The molecule has 158 valence electrons. The monoisotopic (exact) mass is 459 g/mol. The average molecular weight is 460 g/mol. The van der Waals surface area contributed by atoms with Crippen molar-refractivity contribution in [1.82, 2.24) is 0 Å². The lowest BCUT2D eigenvalue weighted by molar-refractivity contribution is -0.905. The molecule has 2 aliphatic heterocycles. The van der Waals surface area contributed by atoms with Gasteiger partial charge in [0, 0.05) is 12.8 Å². The fourth-order valence-corrected chi connectivity index (χ4v) is 5.69. The number of fused-ring (bicyclic) bond motifs is 1. The van der Waals surface area contributed by atoms with Crippen molar-refractivity contribution in [2.45, 2.75) is 25.9 Å². The van der Waals surface area contributed by atoms with Crippen LogP contribution in [0.2, 0.25) is 0 Å². The van der Waals surface area contributed by atoms with E-state index in [1.807, 2.05) is 6.07 Å². The highest BCUT2D eigenvalue weighted by atomic mass is 35.5. The number of quaternary nitrogens is 1.